The summed E-state index contributed by atoms with van der Waals surface area (Å²) in [4.78, 5) is 4.33. The molecule has 1 saturated heterocycles. The fourth-order valence-electron chi connectivity index (χ4n) is 2.51. The second-order valence-electron chi connectivity index (χ2n) is 6.68. The van der Waals surface area contributed by atoms with Crippen molar-refractivity contribution in [2.24, 2.45) is 0 Å². The number of aromatic nitrogens is 1. The van der Waals surface area contributed by atoms with Crippen LogP contribution in [0.4, 0.5) is 8.78 Å². The molecule has 23 heavy (non-hydrogen) atoms. The van der Waals surface area contributed by atoms with E-state index >= 15 is 0 Å². The predicted molar refractivity (Wildman–Crippen MR) is 85.3 cm³/mol. The van der Waals surface area contributed by atoms with Gasteiger partial charge in [-0.05, 0) is 57.0 Å². The molecule has 0 amide bonds. The van der Waals surface area contributed by atoms with E-state index in [2.05, 4.69) is 4.98 Å². The van der Waals surface area contributed by atoms with Gasteiger partial charge in [0.05, 0.1) is 16.8 Å². The molecule has 2 aromatic rings. The van der Waals surface area contributed by atoms with Crippen molar-refractivity contribution in [1.29, 1.82) is 0 Å². The molecule has 3 rings (SSSR count). The topological polar surface area (TPSA) is 31.4 Å². The Morgan fingerprint density at radius 1 is 0.957 bits per heavy atom. The van der Waals surface area contributed by atoms with E-state index in [1.807, 2.05) is 27.7 Å². The van der Waals surface area contributed by atoms with Crippen LogP contribution in [0.2, 0.25) is 0 Å². The summed E-state index contributed by atoms with van der Waals surface area (Å²) >= 11 is 0. The SMILES string of the molecule is CC1(C)OB(c2ncccc2-c2cc(F)cc(F)c2)OC1(C)C. The molecule has 120 valence electrons. The zero-order valence-electron chi connectivity index (χ0n) is 13.6. The first-order chi connectivity index (χ1) is 10.7. The molecule has 0 aliphatic carbocycles. The highest BCUT2D eigenvalue weighted by molar-refractivity contribution is 6.62. The molecule has 1 aliphatic heterocycles. The first kappa shape index (κ1) is 16.1. The van der Waals surface area contributed by atoms with Crippen molar-refractivity contribution in [3.63, 3.8) is 0 Å². The van der Waals surface area contributed by atoms with E-state index in [1.54, 1.807) is 18.3 Å². The van der Waals surface area contributed by atoms with Crippen molar-refractivity contribution < 1.29 is 18.1 Å². The first-order valence-corrected chi connectivity index (χ1v) is 7.47. The van der Waals surface area contributed by atoms with Gasteiger partial charge in [0, 0.05) is 12.3 Å². The second kappa shape index (κ2) is 5.39. The summed E-state index contributed by atoms with van der Waals surface area (Å²) in [5.74, 6) is -1.27. The third-order valence-electron chi connectivity index (χ3n) is 4.49. The van der Waals surface area contributed by atoms with Gasteiger partial charge >= 0.3 is 7.12 Å². The Morgan fingerprint density at radius 2 is 1.52 bits per heavy atom. The largest absolute Gasteiger partial charge is 0.515 e. The minimum Gasteiger partial charge on any atom is -0.398 e. The molecule has 6 heteroatoms. The van der Waals surface area contributed by atoms with Gasteiger partial charge in [0.2, 0.25) is 0 Å². The third kappa shape index (κ3) is 2.89. The molecule has 0 saturated carbocycles. The number of halogens is 2. The second-order valence-corrected chi connectivity index (χ2v) is 6.68. The molecular weight excluding hydrogens is 299 g/mol. The highest BCUT2D eigenvalue weighted by Gasteiger charge is 2.52. The summed E-state index contributed by atoms with van der Waals surface area (Å²) in [5, 5.41) is 0. The molecule has 1 aliphatic rings. The molecule has 0 radical (unpaired) electrons. The molecular formula is C17H18BF2NO2. The Balaban J connectivity index is 2.06. The first-order valence-electron chi connectivity index (χ1n) is 7.47. The van der Waals surface area contributed by atoms with E-state index in [0.29, 0.717) is 16.7 Å². The van der Waals surface area contributed by atoms with E-state index in [9.17, 15) is 8.78 Å². The number of nitrogens with zero attached hydrogens (tertiary/aromatic N) is 1. The summed E-state index contributed by atoms with van der Waals surface area (Å²) in [5.41, 5.74) is 0.472. The monoisotopic (exact) mass is 317 g/mol. The highest BCUT2D eigenvalue weighted by Crippen LogP contribution is 2.37. The van der Waals surface area contributed by atoms with E-state index < -0.39 is 30.0 Å². The van der Waals surface area contributed by atoms with Crippen LogP contribution in [-0.2, 0) is 9.31 Å². The Kier molecular flexibility index (Phi) is 3.77. The van der Waals surface area contributed by atoms with Gasteiger partial charge in [-0.2, -0.15) is 0 Å². The van der Waals surface area contributed by atoms with E-state index in [0.717, 1.165) is 6.07 Å². The van der Waals surface area contributed by atoms with Crippen LogP contribution in [0.15, 0.2) is 36.5 Å². The number of pyridine rings is 1. The van der Waals surface area contributed by atoms with Crippen LogP contribution < -0.4 is 5.59 Å². The summed E-state index contributed by atoms with van der Waals surface area (Å²) in [6.07, 6.45) is 1.61. The Labute approximate surface area is 134 Å². The standard InChI is InChI=1S/C17H18BF2NO2/c1-16(2)17(3,4)23-18(22-16)15-14(6-5-7-21-15)11-8-12(19)10-13(20)9-11/h5-10H,1-4H3. The van der Waals surface area contributed by atoms with Crippen LogP contribution in [-0.4, -0.2) is 23.3 Å². The molecule has 0 unspecified atom stereocenters. The molecule has 0 atom stereocenters. The van der Waals surface area contributed by atoms with Crippen LogP contribution in [0.3, 0.4) is 0 Å². The average Bonchev–Trinajstić information content (AvgIpc) is 2.66. The van der Waals surface area contributed by atoms with E-state index in [1.165, 1.54) is 12.1 Å². The molecule has 2 heterocycles. The van der Waals surface area contributed by atoms with Crippen molar-refractivity contribution in [3.8, 4) is 11.1 Å². The minimum absolute atomic E-state index is 0.403. The predicted octanol–water partition coefficient (Wildman–Crippen LogP) is 3.33. The fraction of sp³-hybridized carbons (Fsp3) is 0.353. The van der Waals surface area contributed by atoms with Gasteiger partial charge in [-0.3, -0.25) is 4.98 Å². The highest BCUT2D eigenvalue weighted by atomic mass is 19.1. The summed E-state index contributed by atoms with van der Waals surface area (Å²) < 4.78 is 39.1. The van der Waals surface area contributed by atoms with Gasteiger partial charge in [-0.25, -0.2) is 8.78 Å². The zero-order valence-corrected chi connectivity index (χ0v) is 13.6. The maximum Gasteiger partial charge on any atom is 0.515 e. The summed E-state index contributed by atoms with van der Waals surface area (Å²) in [6.45, 7) is 7.77. The Morgan fingerprint density at radius 3 is 2.09 bits per heavy atom. The smallest absolute Gasteiger partial charge is 0.398 e. The van der Waals surface area contributed by atoms with Crippen molar-refractivity contribution >= 4 is 12.7 Å². The molecule has 0 N–H and O–H groups in total. The maximum atomic E-state index is 13.5. The van der Waals surface area contributed by atoms with Crippen molar-refractivity contribution in [2.45, 2.75) is 38.9 Å². The lowest BCUT2D eigenvalue weighted by Crippen LogP contribution is -2.41. The van der Waals surface area contributed by atoms with Gasteiger partial charge in [0.25, 0.3) is 0 Å². The van der Waals surface area contributed by atoms with Crippen LogP contribution in [0.25, 0.3) is 11.1 Å². The van der Waals surface area contributed by atoms with Crippen LogP contribution in [0.5, 0.6) is 0 Å². The Hall–Kier alpha value is -1.79. The fourth-order valence-corrected chi connectivity index (χ4v) is 2.51. The zero-order chi connectivity index (χ0) is 16.8. The number of hydrogen-bond donors (Lipinski definition) is 0. The normalized spacial score (nSPS) is 19.1. The Bertz CT molecular complexity index is 713. The van der Waals surface area contributed by atoms with Crippen LogP contribution in [0, 0.1) is 11.6 Å². The van der Waals surface area contributed by atoms with Gasteiger partial charge in [0.15, 0.2) is 0 Å². The molecule has 0 spiro atoms. The number of benzene rings is 1. The number of rotatable bonds is 2. The maximum absolute atomic E-state index is 13.5. The van der Waals surface area contributed by atoms with E-state index in [4.69, 9.17) is 9.31 Å². The van der Waals surface area contributed by atoms with Gasteiger partial charge in [0.1, 0.15) is 11.6 Å². The van der Waals surface area contributed by atoms with Gasteiger partial charge in [-0.1, -0.05) is 6.07 Å². The quantitative estimate of drug-likeness (QED) is 0.796. The molecule has 1 aromatic carbocycles. The van der Waals surface area contributed by atoms with Crippen LogP contribution >= 0.6 is 0 Å². The summed E-state index contributed by atoms with van der Waals surface area (Å²) in [6, 6.07) is 6.85. The van der Waals surface area contributed by atoms with Crippen molar-refractivity contribution in [3.05, 3.63) is 48.2 Å². The molecule has 0 bridgehead atoms. The average molecular weight is 317 g/mol. The number of hydrogen-bond acceptors (Lipinski definition) is 3. The lowest BCUT2D eigenvalue weighted by atomic mass is 9.79. The summed E-state index contributed by atoms with van der Waals surface area (Å²) in [7, 11) is -0.692. The van der Waals surface area contributed by atoms with Crippen LogP contribution in [0.1, 0.15) is 27.7 Å². The van der Waals surface area contributed by atoms with Gasteiger partial charge in [-0.15, -0.1) is 0 Å². The minimum atomic E-state index is -0.692. The lowest BCUT2D eigenvalue weighted by Gasteiger charge is -2.32. The molecule has 3 nitrogen and oxygen atoms in total. The van der Waals surface area contributed by atoms with Crippen molar-refractivity contribution in [2.75, 3.05) is 0 Å². The lowest BCUT2D eigenvalue weighted by molar-refractivity contribution is 0.00578. The van der Waals surface area contributed by atoms with E-state index in [-0.39, 0.29) is 0 Å². The van der Waals surface area contributed by atoms with Gasteiger partial charge < -0.3 is 9.31 Å². The van der Waals surface area contributed by atoms with Crippen molar-refractivity contribution in [1.82, 2.24) is 4.98 Å². The molecule has 1 fully saturated rings. The third-order valence-corrected chi connectivity index (χ3v) is 4.49. The molecule has 1 aromatic heterocycles.